The van der Waals surface area contributed by atoms with Crippen LogP contribution in [0.2, 0.25) is 0 Å². The lowest BCUT2D eigenvalue weighted by Crippen LogP contribution is -2.53. The molecule has 0 aromatic heterocycles. The highest BCUT2D eigenvalue weighted by Crippen LogP contribution is 2.18. The number of carbonyl (C=O) groups is 1. The van der Waals surface area contributed by atoms with Gasteiger partial charge < -0.3 is 9.69 Å². The van der Waals surface area contributed by atoms with Gasteiger partial charge in [-0.2, -0.15) is 17.4 Å². The smallest absolute Gasteiger partial charge is 0.280 e. The van der Waals surface area contributed by atoms with Crippen molar-refractivity contribution in [1.82, 2.24) is 9.03 Å². The third kappa shape index (κ3) is 4.03. The summed E-state index contributed by atoms with van der Waals surface area (Å²) < 4.78 is 27.9. The Morgan fingerprint density at radius 1 is 1.14 bits per heavy atom. The van der Waals surface area contributed by atoms with Crippen molar-refractivity contribution in [3.8, 4) is 0 Å². The maximum atomic E-state index is 12.1. The van der Waals surface area contributed by atoms with Crippen molar-refractivity contribution in [3.63, 3.8) is 0 Å². The fourth-order valence-electron chi connectivity index (χ4n) is 2.28. The van der Waals surface area contributed by atoms with Crippen molar-refractivity contribution in [2.24, 2.45) is 0 Å². The van der Waals surface area contributed by atoms with Crippen LogP contribution in [-0.2, 0) is 15.0 Å². The summed E-state index contributed by atoms with van der Waals surface area (Å²) in [7, 11) is -3.58. The predicted molar refractivity (Wildman–Crippen MR) is 82.5 cm³/mol. The van der Waals surface area contributed by atoms with E-state index in [1.807, 2.05) is 31.2 Å². The van der Waals surface area contributed by atoms with Gasteiger partial charge >= 0.3 is 0 Å². The quantitative estimate of drug-likeness (QED) is 0.806. The van der Waals surface area contributed by atoms with Crippen LogP contribution in [0.15, 0.2) is 24.3 Å². The van der Waals surface area contributed by atoms with E-state index in [-0.39, 0.29) is 0 Å². The molecule has 0 bridgehead atoms. The van der Waals surface area contributed by atoms with E-state index >= 15 is 0 Å². The van der Waals surface area contributed by atoms with Gasteiger partial charge in [0.15, 0.2) is 0 Å². The van der Waals surface area contributed by atoms with Crippen molar-refractivity contribution in [3.05, 3.63) is 29.8 Å². The van der Waals surface area contributed by atoms with Crippen molar-refractivity contribution >= 4 is 22.2 Å². The van der Waals surface area contributed by atoms with E-state index in [1.165, 1.54) is 16.8 Å². The Morgan fingerprint density at radius 2 is 1.71 bits per heavy atom. The van der Waals surface area contributed by atoms with Gasteiger partial charge in [0.25, 0.3) is 10.2 Å². The number of nitrogens with zero attached hydrogens (tertiary/aromatic N) is 2. The lowest BCUT2D eigenvalue weighted by atomic mass is 10.2. The van der Waals surface area contributed by atoms with Crippen LogP contribution in [-0.4, -0.2) is 51.2 Å². The Kier molecular flexibility index (Phi) is 4.97. The normalized spacial score (nSPS) is 18.5. The minimum atomic E-state index is -3.58. The predicted octanol–water partition coefficient (Wildman–Crippen LogP) is 0.539. The Labute approximate surface area is 125 Å². The van der Waals surface area contributed by atoms with E-state index in [2.05, 4.69) is 9.62 Å². The number of carbonyl (C=O) groups excluding carboxylic acids is 1. The fourth-order valence-corrected chi connectivity index (χ4v) is 3.60. The van der Waals surface area contributed by atoms with Crippen molar-refractivity contribution in [2.75, 3.05) is 31.1 Å². The highest BCUT2D eigenvalue weighted by Gasteiger charge is 2.27. The SMILES string of the molecule is Cc1ccc(N2CCN(S(=O)(=O)N[C@H](C)C=O)CC2)cc1. The standard InChI is InChI=1S/C14H21N3O3S/c1-12-3-5-14(6-4-12)16-7-9-17(10-8-16)21(19,20)15-13(2)11-18/h3-6,11,13,15H,7-10H2,1-2H3/t13-/m1/s1. The molecule has 1 saturated heterocycles. The molecule has 1 aliphatic rings. The van der Waals surface area contributed by atoms with Crippen LogP contribution in [0, 0.1) is 6.92 Å². The van der Waals surface area contributed by atoms with Gasteiger partial charge in [0, 0.05) is 31.9 Å². The number of anilines is 1. The first-order valence-electron chi connectivity index (χ1n) is 6.96. The number of rotatable bonds is 5. The molecule has 6 nitrogen and oxygen atoms in total. The molecule has 1 N–H and O–H groups in total. The number of nitrogens with one attached hydrogen (secondary N) is 1. The second-order valence-electron chi connectivity index (χ2n) is 5.27. The Morgan fingerprint density at radius 3 is 2.24 bits per heavy atom. The second-order valence-corrected chi connectivity index (χ2v) is 6.97. The largest absolute Gasteiger partial charge is 0.369 e. The first-order chi connectivity index (χ1) is 9.92. The molecule has 1 heterocycles. The van der Waals surface area contributed by atoms with Crippen LogP contribution < -0.4 is 9.62 Å². The molecular formula is C14H21N3O3S. The first kappa shape index (κ1) is 15.9. The number of piperazine rings is 1. The molecular weight excluding hydrogens is 290 g/mol. The van der Waals surface area contributed by atoms with E-state index in [0.29, 0.717) is 32.5 Å². The van der Waals surface area contributed by atoms with Crippen LogP contribution in [0.1, 0.15) is 12.5 Å². The molecule has 21 heavy (non-hydrogen) atoms. The van der Waals surface area contributed by atoms with E-state index in [9.17, 15) is 13.2 Å². The highest BCUT2D eigenvalue weighted by atomic mass is 32.2. The van der Waals surface area contributed by atoms with Crippen molar-refractivity contribution in [2.45, 2.75) is 19.9 Å². The Balaban J connectivity index is 1.96. The maximum Gasteiger partial charge on any atom is 0.280 e. The number of hydrogen-bond acceptors (Lipinski definition) is 4. The number of hydrogen-bond donors (Lipinski definition) is 1. The van der Waals surface area contributed by atoms with Gasteiger partial charge in [-0.3, -0.25) is 0 Å². The Bertz CT molecular complexity index is 578. The summed E-state index contributed by atoms with van der Waals surface area (Å²) in [6.45, 7) is 5.66. The summed E-state index contributed by atoms with van der Waals surface area (Å²) in [6.07, 6.45) is 0.583. The highest BCUT2D eigenvalue weighted by molar-refractivity contribution is 7.87. The minimum absolute atomic E-state index is 0.411. The summed E-state index contributed by atoms with van der Waals surface area (Å²) >= 11 is 0. The zero-order chi connectivity index (χ0) is 15.5. The van der Waals surface area contributed by atoms with Gasteiger partial charge in [-0.1, -0.05) is 17.7 Å². The average Bonchev–Trinajstić information content (AvgIpc) is 2.47. The number of aldehydes is 1. The molecule has 0 spiro atoms. The molecule has 0 unspecified atom stereocenters. The third-order valence-corrected chi connectivity index (χ3v) is 5.23. The average molecular weight is 311 g/mol. The van der Waals surface area contributed by atoms with E-state index in [4.69, 9.17) is 0 Å². The van der Waals surface area contributed by atoms with Crippen LogP contribution in [0.3, 0.4) is 0 Å². The minimum Gasteiger partial charge on any atom is -0.369 e. The Hall–Kier alpha value is -1.44. The molecule has 1 atom stereocenters. The molecule has 0 radical (unpaired) electrons. The van der Waals surface area contributed by atoms with Gasteiger partial charge in [0.1, 0.15) is 6.29 Å². The lowest BCUT2D eigenvalue weighted by molar-refractivity contribution is -0.108. The molecule has 1 aliphatic heterocycles. The molecule has 1 aromatic rings. The van der Waals surface area contributed by atoms with Crippen molar-refractivity contribution < 1.29 is 13.2 Å². The van der Waals surface area contributed by atoms with Crippen LogP contribution >= 0.6 is 0 Å². The fraction of sp³-hybridized carbons (Fsp3) is 0.500. The van der Waals surface area contributed by atoms with Gasteiger partial charge in [0.2, 0.25) is 0 Å². The maximum absolute atomic E-state index is 12.1. The van der Waals surface area contributed by atoms with E-state index < -0.39 is 16.3 Å². The van der Waals surface area contributed by atoms with Gasteiger partial charge in [0.05, 0.1) is 6.04 Å². The second kappa shape index (κ2) is 6.55. The summed E-state index contributed by atoms with van der Waals surface area (Å²) in [4.78, 5) is 12.7. The van der Waals surface area contributed by atoms with Gasteiger partial charge in [-0.15, -0.1) is 0 Å². The topological polar surface area (TPSA) is 69.7 Å². The van der Waals surface area contributed by atoms with E-state index in [0.717, 1.165) is 5.69 Å². The molecule has 7 heteroatoms. The molecule has 1 fully saturated rings. The van der Waals surface area contributed by atoms with Crippen LogP contribution in [0.5, 0.6) is 0 Å². The molecule has 0 saturated carbocycles. The summed E-state index contributed by atoms with van der Waals surface area (Å²) in [6, 6.07) is 7.49. The van der Waals surface area contributed by atoms with E-state index in [1.54, 1.807) is 0 Å². The monoisotopic (exact) mass is 311 g/mol. The first-order valence-corrected chi connectivity index (χ1v) is 8.41. The zero-order valence-electron chi connectivity index (χ0n) is 12.3. The third-order valence-electron chi connectivity index (χ3n) is 3.52. The number of aryl methyl sites for hydroxylation is 1. The summed E-state index contributed by atoms with van der Waals surface area (Å²) in [5.74, 6) is 0. The lowest BCUT2D eigenvalue weighted by Gasteiger charge is -2.35. The van der Waals surface area contributed by atoms with Crippen LogP contribution in [0.25, 0.3) is 0 Å². The van der Waals surface area contributed by atoms with Gasteiger partial charge in [-0.25, -0.2) is 0 Å². The summed E-state index contributed by atoms with van der Waals surface area (Å²) in [5, 5.41) is 0. The molecule has 0 aliphatic carbocycles. The van der Waals surface area contributed by atoms with Crippen molar-refractivity contribution in [1.29, 1.82) is 0 Å². The molecule has 116 valence electrons. The number of benzene rings is 1. The summed E-state index contributed by atoms with van der Waals surface area (Å²) in [5.41, 5.74) is 2.30. The van der Waals surface area contributed by atoms with Gasteiger partial charge in [-0.05, 0) is 26.0 Å². The zero-order valence-corrected chi connectivity index (χ0v) is 13.1. The van der Waals surface area contributed by atoms with Crippen LogP contribution in [0.4, 0.5) is 5.69 Å². The molecule has 1 aromatic carbocycles. The molecule has 2 rings (SSSR count). The molecule has 0 amide bonds.